The predicted molar refractivity (Wildman–Crippen MR) is 100.0 cm³/mol. The van der Waals surface area contributed by atoms with Crippen molar-refractivity contribution in [3.63, 3.8) is 0 Å². The number of furan rings is 1. The van der Waals surface area contributed by atoms with E-state index in [1.807, 2.05) is 26.0 Å². The van der Waals surface area contributed by atoms with Crippen molar-refractivity contribution in [2.24, 2.45) is 0 Å². The highest BCUT2D eigenvalue weighted by Crippen LogP contribution is 2.23. The van der Waals surface area contributed by atoms with Gasteiger partial charge < -0.3 is 9.15 Å². The topological polar surface area (TPSA) is 80.1 Å². The number of esters is 1. The van der Waals surface area contributed by atoms with Crippen LogP contribution >= 0.6 is 0 Å². The summed E-state index contributed by atoms with van der Waals surface area (Å²) in [5, 5.41) is 0. The molecule has 7 nitrogen and oxygen atoms in total. The van der Waals surface area contributed by atoms with Gasteiger partial charge in [-0.05, 0) is 43.2 Å². The smallest absolute Gasteiger partial charge is 0.373 e. The number of sulfonamides is 1. The van der Waals surface area contributed by atoms with Gasteiger partial charge in [-0.25, -0.2) is 13.2 Å². The lowest BCUT2D eigenvalue weighted by atomic mass is 10.2. The van der Waals surface area contributed by atoms with Crippen molar-refractivity contribution in [2.45, 2.75) is 25.3 Å². The average molecular weight is 392 g/mol. The van der Waals surface area contributed by atoms with Crippen LogP contribution in [0.3, 0.4) is 0 Å². The highest BCUT2D eigenvalue weighted by molar-refractivity contribution is 7.89. The van der Waals surface area contributed by atoms with Gasteiger partial charge in [0.05, 0.1) is 18.6 Å². The number of nitrogens with zero attached hydrogens (tertiary/aromatic N) is 2. The lowest BCUT2D eigenvalue weighted by molar-refractivity contribution is 0.0560. The molecule has 0 amide bonds. The fourth-order valence-corrected chi connectivity index (χ4v) is 4.88. The molecular formula is C19H24N2O5S. The molecule has 0 atom stereocenters. The second kappa shape index (κ2) is 7.84. The maximum atomic E-state index is 13.0. The summed E-state index contributed by atoms with van der Waals surface area (Å²) >= 11 is 0. The SMILES string of the molecule is COC(=O)c1ccc(CN2CCN(S(=O)(=O)c3cc(C)ccc3C)CC2)o1. The second-order valence-electron chi connectivity index (χ2n) is 6.71. The van der Waals surface area contributed by atoms with Crippen LogP contribution in [-0.4, -0.2) is 56.9 Å². The van der Waals surface area contributed by atoms with Crippen LogP contribution in [-0.2, 0) is 21.3 Å². The van der Waals surface area contributed by atoms with Gasteiger partial charge in [0, 0.05) is 26.2 Å². The van der Waals surface area contributed by atoms with Crippen LogP contribution in [0, 0.1) is 13.8 Å². The molecule has 1 aromatic carbocycles. The van der Waals surface area contributed by atoms with Crippen LogP contribution in [0.2, 0.25) is 0 Å². The third kappa shape index (κ3) is 4.23. The van der Waals surface area contributed by atoms with Crippen LogP contribution in [0.5, 0.6) is 0 Å². The van der Waals surface area contributed by atoms with E-state index in [1.165, 1.54) is 11.4 Å². The number of hydrogen-bond donors (Lipinski definition) is 0. The van der Waals surface area contributed by atoms with Gasteiger partial charge in [0.25, 0.3) is 0 Å². The lowest BCUT2D eigenvalue weighted by Crippen LogP contribution is -2.48. The Morgan fingerprint density at radius 3 is 2.48 bits per heavy atom. The van der Waals surface area contributed by atoms with E-state index in [9.17, 15) is 13.2 Å². The van der Waals surface area contributed by atoms with Crippen molar-refractivity contribution in [2.75, 3.05) is 33.3 Å². The first-order chi connectivity index (χ1) is 12.8. The van der Waals surface area contributed by atoms with Gasteiger partial charge in [-0.1, -0.05) is 12.1 Å². The second-order valence-corrected chi connectivity index (χ2v) is 8.61. The van der Waals surface area contributed by atoms with E-state index >= 15 is 0 Å². The molecule has 0 spiro atoms. The third-order valence-corrected chi connectivity index (χ3v) is 6.76. The minimum atomic E-state index is -3.50. The Morgan fingerprint density at radius 1 is 1.11 bits per heavy atom. The predicted octanol–water partition coefficient (Wildman–Crippen LogP) is 2.19. The molecule has 0 radical (unpaired) electrons. The number of carbonyl (C=O) groups excluding carboxylic acids is 1. The summed E-state index contributed by atoms with van der Waals surface area (Å²) in [5.74, 6) is 0.315. The van der Waals surface area contributed by atoms with Gasteiger partial charge in [0.2, 0.25) is 15.8 Å². The third-order valence-electron chi connectivity index (χ3n) is 4.72. The summed E-state index contributed by atoms with van der Waals surface area (Å²) in [4.78, 5) is 13.9. The van der Waals surface area contributed by atoms with E-state index in [0.717, 1.165) is 11.1 Å². The Morgan fingerprint density at radius 2 is 1.81 bits per heavy atom. The number of benzene rings is 1. The normalized spacial score (nSPS) is 16.4. The van der Waals surface area contributed by atoms with Gasteiger partial charge in [-0.15, -0.1) is 0 Å². The summed E-state index contributed by atoms with van der Waals surface area (Å²) in [6.07, 6.45) is 0. The van der Waals surface area contributed by atoms with Gasteiger partial charge in [0.1, 0.15) is 5.76 Å². The first kappa shape index (κ1) is 19.6. The number of piperazine rings is 1. The molecule has 1 saturated heterocycles. The summed E-state index contributed by atoms with van der Waals surface area (Å²) in [6, 6.07) is 8.81. The molecule has 0 aliphatic carbocycles. The number of ether oxygens (including phenoxy) is 1. The Labute approximate surface area is 159 Å². The monoisotopic (exact) mass is 392 g/mol. The van der Waals surface area contributed by atoms with Crippen molar-refractivity contribution in [3.05, 3.63) is 53.0 Å². The Balaban J connectivity index is 1.64. The van der Waals surface area contributed by atoms with Gasteiger partial charge >= 0.3 is 5.97 Å². The maximum absolute atomic E-state index is 13.0. The van der Waals surface area contributed by atoms with E-state index in [4.69, 9.17) is 4.42 Å². The van der Waals surface area contributed by atoms with Crippen molar-refractivity contribution in [3.8, 4) is 0 Å². The van der Waals surface area contributed by atoms with Crippen molar-refractivity contribution < 1.29 is 22.4 Å². The molecule has 146 valence electrons. The largest absolute Gasteiger partial charge is 0.463 e. The number of rotatable bonds is 5. The highest BCUT2D eigenvalue weighted by atomic mass is 32.2. The molecule has 2 aromatic rings. The molecule has 8 heteroatoms. The maximum Gasteiger partial charge on any atom is 0.373 e. The van der Waals surface area contributed by atoms with E-state index < -0.39 is 16.0 Å². The van der Waals surface area contributed by atoms with E-state index in [-0.39, 0.29) is 5.76 Å². The molecular weight excluding hydrogens is 368 g/mol. The number of methoxy groups -OCH3 is 1. The Bertz CT molecular complexity index is 927. The fraction of sp³-hybridized carbons (Fsp3) is 0.421. The number of aryl methyl sites for hydroxylation is 2. The average Bonchev–Trinajstić information content (AvgIpc) is 3.12. The van der Waals surface area contributed by atoms with Gasteiger partial charge in [-0.2, -0.15) is 4.31 Å². The van der Waals surface area contributed by atoms with Crippen molar-refractivity contribution in [1.29, 1.82) is 0 Å². The first-order valence-electron chi connectivity index (χ1n) is 8.78. The molecule has 27 heavy (non-hydrogen) atoms. The van der Waals surface area contributed by atoms with Crippen molar-refractivity contribution >= 4 is 16.0 Å². The van der Waals surface area contributed by atoms with Crippen LogP contribution in [0.4, 0.5) is 0 Å². The zero-order valence-corrected chi connectivity index (χ0v) is 16.6. The summed E-state index contributed by atoms with van der Waals surface area (Å²) in [7, 11) is -2.19. The Kier molecular flexibility index (Phi) is 5.69. The molecule has 1 aromatic heterocycles. The van der Waals surface area contributed by atoms with Gasteiger partial charge in [-0.3, -0.25) is 4.90 Å². The van der Waals surface area contributed by atoms with Crippen molar-refractivity contribution in [1.82, 2.24) is 9.21 Å². The lowest BCUT2D eigenvalue weighted by Gasteiger charge is -2.33. The van der Waals surface area contributed by atoms with Crippen LogP contribution in [0.15, 0.2) is 39.6 Å². The molecule has 1 fully saturated rings. The standard InChI is InChI=1S/C19H24N2O5S/c1-14-4-5-15(2)18(12-14)27(23,24)21-10-8-20(9-11-21)13-16-6-7-17(26-16)19(22)25-3/h4-7,12H,8-11,13H2,1-3H3. The number of hydrogen-bond acceptors (Lipinski definition) is 6. The molecule has 1 aliphatic rings. The minimum absolute atomic E-state index is 0.170. The van der Waals surface area contributed by atoms with E-state index in [2.05, 4.69) is 9.64 Å². The summed E-state index contributed by atoms with van der Waals surface area (Å²) < 4.78 is 37.6. The molecule has 0 saturated carbocycles. The molecule has 2 heterocycles. The van der Waals surface area contributed by atoms with Crippen LogP contribution in [0.25, 0.3) is 0 Å². The van der Waals surface area contributed by atoms with Gasteiger partial charge in [0.15, 0.2) is 0 Å². The zero-order valence-electron chi connectivity index (χ0n) is 15.8. The van der Waals surface area contributed by atoms with E-state index in [1.54, 1.807) is 18.2 Å². The first-order valence-corrected chi connectivity index (χ1v) is 10.2. The molecule has 1 aliphatic heterocycles. The number of carbonyl (C=O) groups is 1. The molecule has 0 unspecified atom stereocenters. The quantitative estimate of drug-likeness (QED) is 0.726. The summed E-state index contributed by atoms with van der Waals surface area (Å²) in [6.45, 7) is 6.26. The van der Waals surface area contributed by atoms with E-state index in [0.29, 0.717) is 43.4 Å². The molecule has 0 N–H and O–H groups in total. The van der Waals surface area contributed by atoms with Crippen LogP contribution < -0.4 is 0 Å². The molecule has 0 bridgehead atoms. The molecule has 3 rings (SSSR count). The minimum Gasteiger partial charge on any atom is -0.463 e. The zero-order chi connectivity index (χ0) is 19.6. The fourth-order valence-electron chi connectivity index (χ4n) is 3.15. The Hall–Kier alpha value is -2.16. The van der Waals surface area contributed by atoms with Crippen LogP contribution in [0.1, 0.15) is 27.4 Å². The summed E-state index contributed by atoms with van der Waals surface area (Å²) in [5.41, 5.74) is 1.69. The highest BCUT2D eigenvalue weighted by Gasteiger charge is 2.30.